The van der Waals surface area contributed by atoms with Crippen LogP contribution in [-0.2, 0) is 4.79 Å². The summed E-state index contributed by atoms with van der Waals surface area (Å²) in [5.74, 6) is -2.53. The Bertz CT molecular complexity index is 984. The van der Waals surface area contributed by atoms with E-state index in [1.54, 1.807) is 6.07 Å². The fraction of sp³-hybridized carbons (Fsp3) is 0.118. The molecule has 3 rings (SSSR count). The Morgan fingerprint density at radius 2 is 2.00 bits per heavy atom. The van der Waals surface area contributed by atoms with Gasteiger partial charge in [0, 0.05) is 16.5 Å². The maximum Gasteiger partial charge on any atom is 0.252 e. The van der Waals surface area contributed by atoms with Crippen LogP contribution < -0.4 is 11.1 Å². The molecule has 0 aliphatic heterocycles. The fourth-order valence-corrected chi connectivity index (χ4v) is 2.42. The van der Waals surface area contributed by atoms with Gasteiger partial charge in [-0.2, -0.15) is 5.10 Å². The molecule has 0 fully saturated rings. The van der Waals surface area contributed by atoms with Gasteiger partial charge in [-0.3, -0.25) is 14.7 Å². The quantitative estimate of drug-likeness (QED) is 0.676. The van der Waals surface area contributed by atoms with Gasteiger partial charge in [-0.25, -0.2) is 8.78 Å². The molecular formula is C17H14F2N4O2. The predicted molar refractivity (Wildman–Crippen MR) is 87.6 cm³/mol. The van der Waals surface area contributed by atoms with Crippen LogP contribution in [0.3, 0.4) is 0 Å². The molecule has 8 heteroatoms. The van der Waals surface area contributed by atoms with Crippen LogP contribution in [0.15, 0.2) is 36.4 Å². The highest BCUT2D eigenvalue weighted by molar-refractivity contribution is 6.02. The minimum absolute atomic E-state index is 0.00264. The summed E-state index contributed by atoms with van der Waals surface area (Å²) in [5, 5.41) is 9.25. The highest BCUT2D eigenvalue weighted by Crippen LogP contribution is 2.29. The second-order valence-corrected chi connectivity index (χ2v) is 5.56. The van der Waals surface area contributed by atoms with Crippen molar-refractivity contribution in [2.45, 2.75) is 13.0 Å². The summed E-state index contributed by atoms with van der Waals surface area (Å²) in [4.78, 5) is 23.3. The van der Waals surface area contributed by atoms with Crippen LogP contribution in [0.4, 0.5) is 8.78 Å². The van der Waals surface area contributed by atoms with Gasteiger partial charge in [0.25, 0.3) is 5.91 Å². The third-order valence-electron chi connectivity index (χ3n) is 3.76. The first-order valence-corrected chi connectivity index (χ1v) is 7.40. The molecule has 1 heterocycles. The van der Waals surface area contributed by atoms with Gasteiger partial charge >= 0.3 is 0 Å². The summed E-state index contributed by atoms with van der Waals surface area (Å²) in [6.07, 6.45) is 0. The van der Waals surface area contributed by atoms with E-state index in [-0.39, 0.29) is 11.1 Å². The normalized spacial score (nSPS) is 12.1. The molecule has 0 aliphatic rings. The topological polar surface area (TPSA) is 101 Å². The molecular weight excluding hydrogens is 330 g/mol. The molecule has 2 amide bonds. The smallest absolute Gasteiger partial charge is 0.252 e. The van der Waals surface area contributed by atoms with Gasteiger partial charge in [-0.15, -0.1) is 0 Å². The molecule has 1 unspecified atom stereocenters. The maximum absolute atomic E-state index is 14.3. The number of aromatic nitrogens is 2. The number of hydrogen-bond donors (Lipinski definition) is 3. The number of benzene rings is 2. The molecule has 0 saturated carbocycles. The van der Waals surface area contributed by atoms with Gasteiger partial charge in [0.15, 0.2) is 5.82 Å². The number of primary amides is 1. The lowest BCUT2D eigenvalue weighted by Gasteiger charge is -2.10. The first-order chi connectivity index (χ1) is 11.9. The molecule has 0 radical (unpaired) electrons. The van der Waals surface area contributed by atoms with E-state index < -0.39 is 29.5 Å². The second kappa shape index (κ2) is 6.31. The van der Waals surface area contributed by atoms with Crippen LogP contribution in [0.2, 0.25) is 0 Å². The number of hydrogen-bond acceptors (Lipinski definition) is 3. The molecule has 128 valence electrons. The Morgan fingerprint density at radius 3 is 2.68 bits per heavy atom. The standard InChI is InChI=1S/C17H14F2N4O2/c1-8(16(20)24)21-17(25)10-6-12-14(9-3-2-4-11(18)5-9)22-23-15(12)13(19)7-10/h2-8H,1H3,(H2,20,24)(H,21,25)(H,22,23). The summed E-state index contributed by atoms with van der Waals surface area (Å²) in [5.41, 5.74) is 5.97. The van der Waals surface area contributed by atoms with Gasteiger partial charge in [0.05, 0.1) is 5.69 Å². The Hall–Kier alpha value is -3.29. The van der Waals surface area contributed by atoms with Crippen LogP contribution in [0.5, 0.6) is 0 Å². The molecule has 0 spiro atoms. The molecule has 0 saturated heterocycles. The highest BCUT2D eigenvalue weighted by Gasteiger charge is 2.18. The molecule has 6 nitrogen and oxygen atoms in total. The summed E-state index contributed by atoms with van der Waals surface area (Å²) < 4.78 is 27.7. The Kier molecular flexibility index (Phi) is 4.18. The largest absolute Gasteiger partial charge is 0.368 e. The molecule has 1 atom stereocenters. The number of H-pyrrole nitrogens is 1. The summed E-state index contributed by atoms with van der Waals surface area (Å²) in [6.45, 7) is 1.42. The number of carbonyl (C=O) groups is 2. The average molecular weight is 344 g/mol. The molecule has 0 bridgehead atoms. The zero-order valence-electron chi connectivity index (χ0n) is 13.1. The summed E-state index contributed by atoms with van der Waals surface area (Å²) in [6, 6.07) is 7.24. The number of halogens is 2. The molecule has 3 aromatic rings. The van der Waals surface area contributed by atoms with Gasteiger partial charge < -0.3 is 11.1 Å². The zero-order chi connectivity index (χ0) is 18.1. The van der Waals surface area contributed by atoms with Crippen LogP contribution in [0.25, 0.3) is 22.2 Å². The number of fused-ring (bicyclic) bond motifs is 1. The maximum atomic E-state index is 14.3. The van der Waals surface area contributed by atoms with Crippen molar-refractivity contribution in [2.24, 2.45) is 5.73 Å². The minimum Gasteiger partial charge on any atom is -0.368 e. The lowest BCUT2D eigenvalue weighted by Crippen LogP contribution is -2.42. The van der Waals surface area contributed by atoms with E-state index in [4.69, 9.17) is 5.73 Å². The van der Waals surface area contributed by atoms with E-state index in [1.807, 2.05) is 0 Å². The van der Waals surface area contributed by atoms with Crippen molar-refractivity contribution in [3.63, 3.8) is 0 Å². The lowest BCUT2D eigenvalue weighted by molar-refractivity contribution is -0.119. The monoisotopic (exact) mass is 344 g/mol. The van der Waals surface area contributed by atoms with Crippen LogP contribution in [0.1, 0.15) is 17.3 Å². The van der Waals surface area contributed by atoms with E-state index in [0.717, 1.165) is 6.07 Å². The molecule has 1 aromatic heterocycles. The first kappa shape index (κ1) is 16.6. The van der Waals surface area contributed by atoms with Gasteiger partial charge in [-0.05, 0) is 31.2 Å². The highest BCUT2D eigenvalue weighted by atomic mass is 19.1. The SMILES string of the molecule is CC(NC(=O)c1cc(F)c2n[nH]c(-c3cccc(F)c3)c2c1)C(N)=O. The predicted octanol–water partition coefficient (Wildman–Crippen LogP) is 2.11. The zero-order valence-corrected chi connectivity index (χ0v) is 13.1. The number of nitrogens with one attached hydrogen (secondary N) is 2. The van der Waals surface area contributed by atoms with E-state index in [2.05, 4.69) is 15.5 Å². The number of carbonyl (C=O) groups excluding carboxylic acids is 2. The van der Waals surface area contributed by atoms with Gasteiger partial charge in [0.2, 0.25) is 5.91 Å². The van der Waals surface area contributed by atoms with E-state index in [9.17, 15) is 18.4 Å². The average Bonchev–Trinajstić information content (AvgIpc) is 2.99. The van der Waals surface area contributed by atoms with Crippen molar-refractivity contribution < 1.29 is 18.4 Å². The summed E-state index contributed by atoms with van der Waals surface area (Å²) in [7, 11) is 0. The van der Waals surface area contributed by atoms with Crippen molar-refractivity contribution in [3.8, 4) is 11.3 Å². The van der Waals surface area contributed by atoms with Crippen molar-refractivity contribution in [3.05, 3.63) is 53.6 Å². The molecule has 4 N–H and O–H groups in total. The first-order valence-electron chi connectivity index (χ1n) is 7.40. The number of aromatic amines is 1. The number of nitrogens with two attached hydrogens (primary N) is 1. The van der Waals surface area contributed by atoms with Gasteiger partial charge in [0.1, 0.15) is 17.4 Å². The third-order valence-corrected chi connectivity index (χ3v) is 3.76. The van der Waals surface area contributed by atoms with Crippen LogP contribution in [0, 0.1) is 11.6 Å². The Balaban J connectivity index is 2.07. The number of rotatable bonds is 4. The lowest BCUT2D eigenvalue weighted by atomic mass is 10.0. The summed E-state index contributed by atoms with van der Waals surface area (Å²) >= 11 is 0. The van der Waals surface area contributed by atoms with E-state index >= 15 is 0 Å². The van der Waals surface area contributed by atoms with Gasteiger partial charge in [-0.1, -0.05) is 12.1 Å². The third kappa shape index (κ3) is 3.18. The van der Waals surface area contributed by atoms with E-state index in [0.29, 0.717) is 16.6 Å². The molecule has 0 aliphatic carbocycles. The van der Waals surface area contributed by atoms with Crippen molar-refractivity contribution in [1.29, 1.82) is 0 Å². The minimum atomic E-state index is -0.904. The van der Waals surface area contributed by atoms with Crippen molar-refractivity contribution in [2.75, 3.05) is 0 Å². The number of amides is 2. The number of nitrogens with zero attached hydrogens (tertiary/aromatic N) is 1. The Morgan fingerprint density at radius 1 is 1.24 bits per heavy atom. The Labute approximate surface area is 141 Å². The molecule has 25 heavy (non-hydrogen) atoms. The van der Waals surface area contributed by atoms with Crippen molar-refractivity contribution >= 4 is 22.7 Å². The second-order valence-electron chi connectivity index (χ2n) is 5.56. The van der Waals surface area contributed by atoms with Crippen LogP contribution >= 0.6 is 0 Å². The fourth-order valence-electron chi connectivity index (χ4n) is 2.42. The van der Waals surface area contributed by atoms with Crippen LogP contribution in [-0.4, -0.2) is 28.1 Å². The molecule has 2 aromatic carbocycles. The van der Waals surface area contributed by atoms with E-state index in [1.165, 1.54) is 31.2 Å². The van der Waals surface area contributed by atoms with Crippen molar-refractivity contribution in [1.82, 2.24) is 15.5 Å².